The Bertz CT molecular complexity index is 706. The fourth-order valence-electron chi connectivity index (χ4n) is 1.68. The number of benzene rings is 1. The third-order valence-corrected chi connectivity index (χ3v) is 3.31. The first-order valence-electron chi connectivity index (χ1n) is 6.22. The lowest BCUT2D eigenvalue weighted by atomic mass is 10.1. The fraction of sp³-hybridized carbons (Fsp3) is 0.308. The van der Waals surface area contributed by atoms with Crippen molar-refractivity contribution >= 4 is 33.5 Å². The van der Waals surface area contributed by atoms with Crippen molar-refractivity contribution in [3.8, 4) is 5.75 Å². The molecule has 0 saturated carbocycles. The molecule has 1 aromatic carbocycles. The number of anilines is 3. The number of hydrogen-bond donors (Lipinski definition) is 2. The van der Waals surface area contributed by atoms with Crippen molar-refractivity contribution in [2.75, 3.05) is 18.2 Å². The molecule has 2 rings (SSSR count). The van der Waals surface area contributed by atoms with E-state index in [2.05, 4.69) is 36.2 Å². The van der Waals surface area contributed by atoms with Crippen molar-refractivity contribution in [2.45, 2.75) is 19.5 Å². The zero-order valence-electron chi connectivity index (χ0n) is 12.1. The molecule has 1 aromatic heterocycles. The number of rotatable bonds is 4. The van der Waals surface area contributed by atoms with Gasteiger partial charge < -0.3 is 15.8 Å². The van der Waals surface area contributed by atoms with Gasteiger partial charge in [-0.25, -0.2) is 8.78 Å². The molecule has 0 spiro atoms. The first-order valence-corrected chi connectivity index (χ1v) is 7.01. The Morgan fingerprint density at radius 2 is 1.95 bits per heavy atom. The summed E-state index contributed by atoms with van der Waals surface area (Å²) >= 11 is 3.25. The predicted molar refractivity (Wildman–Crippen MR) is 82.3 cm³/mol. The third-order valence-electron chi connectivity index (χ3n) is 2.68. The van der Waals surface area contributed by atoms with Crippen molar-refractivity contribution in [1.82, 2.24) is 15.0 Å². The highest BCUT2D eigenvalue weighted by molar-refractivity contribution is 9.10. The molecule has 6 nitrogen and oxygen atoms in total. The van der Waals surface area contributed by atoms with Gasteiger partial charge in [0.05, 0.1) is 11.6 Å². The molecule has 3 N–H and O–H groups in total. The van der Waals surface area contributed by atoms with Gasteiger partial charge in [0.25, 0.3) is 0 Å². The number of nitrogen functional groups attached to an aromatic ring is 1. The summed E-state index contributed by atoms with van der Waals surface area (Å²) in [6, 6.07) is 2.73. The summed E-state index contributed by atoms with van der Waals surface area (Å²) in [5, 5.41) is 2.65. The zero-order chi connectivity index (χ0) is 16.5. The standard InChI is InChI=1S/C13H14BrF2N5O/c1-13(2,16)10-19-11(17)21-12(20-10)18-8-7(15)5-4-6(14)9(8)22-3/h4-5H,1-3H3,(H3,17,18,19,20,21). The number of halogens is 3. The molecule has 0 radical (unpaired) electrons. The Labute approximate surface area is 134 Å². The van der Waals surface area contributed by atoms with Gasteiger partial charge in [-0.2, -0.15) is 15.0 Å². The average Bonchev–Trinajstić information content (AvgIpc) is 2.41. The number of alkyl halides is 1. The number of ether oxygens (including phenoxy) is 1. The molecule has 1 heterocycles. The Morgan fingerprint density at radius 3 is 2.55 bits per heavy atom. The van der Waals surface area contributed by atoms with Gasteiger partial charge in [-0.05, 0) is 41.9 Å². The quantitative estimate of drug-likeness (QED) is 0.854. The summed E-state index contributed by atoms with van der Waals surface area (Å²) in [6.45, 7) is 2.57. The van der Waals surface area contributed by atoms with Gasteiger partial charge in [-0.1, -0.05) is 0 Å². The van der Waals surface area contributed by atoms with Gasteiger partial charge in [0.2, 0.25) is 11.9 Å². The molecule has 0 aliphatic rings. The van der Waals surface area contributed by atoms with Crippen LogP contribution in [0.3, 0.4) is 0 Å². The van der Waals surface area contributed by atoms with Crippen LogP contribution in [0.1, 0.15) is 19.7 Å². The minimum Gasteiger partial charge on any atom is -0.493 e. The molecule has 0 fully saturated rings. The molecule has 0 amide bonds. The van der Waals surface area contributed by atoms with Crippen LogP contribution in [0.2, 0.25) is 0 Å². The second kappa shape index (κ2) is 5.99. The molecule has 0 unspecified atom stereocenters. The van der Waals surface area contributed by atoms with Crippen molar-refractivity contribution in [1.29, 1.82) is 0 Å². The van der Waals surface area contributed by atoms with E-state index in [4.69, 9.17) is 10.5 Å². The topological polar surface area (TPSA) is 86.0 Å². The van der Waals surface area contributed by atoms with E-state index < -0.39 is 11.5 Å². The van der Waals surface area contributed by atoms with E-state index in [1.54, 1.807) is 0 Å². The van der Waals surface area contributed by atoms with Crippen LogP contribution in [-0.2, 0) is 5.67 Å². The summed E-state index contributed by atoms with van der Waals surface area (Å²) in [5.41, 5.74) is 3.74. The lowest BCUT2D eigenvalue weighted by Gasteiger charge is -2.16. The molecule has 0 bridgehead atoms. The van der Waals surface area contributed by atoms with Crippen LogP contribution in [0.5, 0.6) is 5.75 Å². The Balaban J connectivity index is 2.48. The Morgan fingerprint density at radius 1 is 1.27 bits per heavy atom. The normalized spacial score (nSPS) is 11.4. The molecule has 0 aliphatic heterocycles. The summed E-state index contributed by atoms with van der Waals surface area (Å²) in [7, 11) is 1.39. The molecule has 22 heavy (non-hydrogen) atoms. The van der Waals surface area contributed by atoms with E-state index >= 15 is 0 Å². The molecular formula is C13H14BrF2N5O. The van der Waals surface area contributed by atoms with E-state index in [9.17, 15) is 8.78 Å². The third kappa shape index (κ3) is 3.41. The first kappa shape index (κ1) is 16.3. The maximum atomic E-state index is 14.0. The number of nitrogens with zero attached hydrogens (tertiary/aromatic N) is 3. The highest BCUT2D eigenvalue weighted by Crippen LogP contribution is 2.36. The van der Waals surface area contributed by atoms with E-state index in [1.165, 1.54) is 33.1 Å². The summed E-state index contributed by atoms with van der Waals surface area (Å²) in [5.74, 6) is -0.770. The van der Waals surface area contributed by atoms with Gasteiger partial charge in [0.1, 0.15) is 5.69 Å². The van der Waals surface area contributed by atoms with Crippen LogP contribution in [0, 0.1) is 5.82 Å². The fourth-order valence-corrected chi connectivity index (χ4v) is 2.17. The molecule has 9 heteroatoms. The van der Waals surface area contributed by atoms with E-state index in [0.29, 0.717) is 4.47 Å². The molecule has 0 aliphatic carbocycles. The Hall–Kier alpha value is -2.03. The smallest absolute Gasteiger partial charge is 0.232 e. The maximum absolute atomic E-state index is 14.0. The molecule has 2 aromatic rings. The van der Waals surface area contributed by atoms with Crippen LogP contribution in [0.4, 0.5) is 26.4 Å². The van der Waals surface area contributed by atoms with E-state index in [1.807, 2.05) is 0 Å². The minimum absolute atomic E-state index is 0.00471. The molecule has 118 valence electrons. The molecule has 0 atom stereocenters. The van der Waals surface area contributed by atoms with Crippen LogP contribution in [0.15, 0.2) is 16.6 Å². The van der Waals surface area contributed by atoms with E-state index in [0.717, 1.165) is 0 Å². The lowest BCUT2D eigenvalue weighted by molar-refractivity contribution is 0.206. The van der Waals surface area contributed by atoms with Crippen LogP contribution < -0.4 is 15.8 Å². The molecular weight excluding hydrogens is 360 g/mol. The highest BCUT2D eigenvalue weighted by atomic mass is 79.9. The molecule has 0 saturated heterocycles. The summed E-state index contributed by atoms with van der Waals surface area (Å²) in [4.78, 5) is 11.5. The second-order valence-corrected chi connectivity index (χ2v) is 5.73. The first-order chi connectivity index (χ1) is 10.2. The second-order valence-electron chi connectivity index (χ2n) is 4.88. The van der Waals surface area contributed by atoms with E-state index in [-0.39, 0.29) is 29.2 Å². The van der Waals surface area contributed by atoms with Crippen LogP contribution in [-0.4, -0.2) is 22.1 Å². The summed E-state index contributed by atoms with van der Waals surface area (Å²) in [6.07, 6.45) is 0. The van der Waals surface area contributed by atoms with Crippen molar-refractivity contribution in [3.63, 3.8) is 0 Å². The monoisotopic (exact) mass is 373 g/mol. The number of hydrogen-bond acceptors (Lipinski definition) is 6. The van der Waals surface area contributed by atoms with Gasteiger partial charge in [0, 0.05) is 0 Å². The van der Waals surface area contributed by atoms with Crippen molar-refractivity contribution < 1.29 is 13.5 Å². The number of nitrogens with one attached hydrogen (secondary N) is 1. The number of nitrogens with two attached hydrogens (primary N) is 1. The average molecular weight is 374 g/mol. The highest BCUT2D eigenvalue weighted by Gasteiger charge is 2.25. The number of methoxy groups -OCH3 is 1. The predicted octanol–water partition coefficient (Wildman–Crippen LogP) is 3.31. The Kier molecular flexibility index (Phi) is 4.45. The van der Waals surface area contributed by atoms with Gasteiger partial charge >= 0.3 is 0 Å². The van der Waals surface area contributed by atoms with Crippen LogP contribution >= 0.6 is 15.9 Å². The van der Waals surface area contributed by atoms with Gasteiger partial charge in [-0.15, -0.1) is 0 Å². The van der Waals surface area contributed by atoms with Crippen molar-refractivity contribution in [2.24, 2.45) is 0 Å². The zero-order valence-corrected chi connectivity index (χ0v) is 13.7. The maximum Gasteiger partial charge on any atom is 0.232 e. The number of aromatic nitrogens is 3. The van der Waals surface area contributed by atoms with Crippen LogP contribution in [0.25, 0.3) is 0 Å². The largest absolute Gasteiger partial charge is 0.493 e. The summed E-state index contributed by atoms with van der Waals surface area (Å²) < 4.78 is 33.6. The SMILES string of the molecule is COc1c(Br)ccc(F)c1Nc1nc(N)nc(C(C)(C)F)n1. The van der Waals surface area contributed by atoms with Crippen molar-refractivity contribution in [3.05, 3.63) is 28.2 Å². The lowest BCUT2D eigenvalue weighted by Crippen LogP contribution is -2.18. The van der Waals surface area contributed by atoms with Gasteiger partial charge in [-0.3, -0.25) is 0 Å². The van der Waals surface area contributed by atoms with Gasteiger partial charge in [0.15, 0.2) is 23.1 Å². The minimum atomic E-state index is -1.81.